The Kier molecular flexibility index (Phi) is 6.64. The number of hydrogen-bond acceptors (Lipinski definition) is 4. The van der Waals surface area contributed by atoms with E-state index in [-0.39, 0.29) is 43.4 Å². The molecule has 2 aliphatic carbocycles. The van der Waals surface area contributed by atoms with Crippen molar-refractivity contribution in [2.24, 2.45) is 5.92 Å². The summed E-state index contributed by atoms with van der Waals surface area (Å²) in [6.45, 7) is 6.13. The highest BCUT2D eigenvalue weighted by molar-refractivity contribution is 5.82. The Morgan fingerprint density at radius 3 is 2.09 bits per heavy atom. The van der Waals surface area contributed by atoms with E-state index in [4.69, 9.17) is 9.84 Å². The average molecular weight is 465 g/mol. The highest BCUT2D eigenvalue weighted by atomic mass is 16.5. The van der Waals surface area contributed by atoms with Gasteiger partial charge in [0.2, 0.25) is 5.91 Å². The zero-order chi connectivity index (χ0) is 24.5. The number of amides is 2. The lowest BCUT2D eigenvalue weighted by Gasteiger charge is -2.42. The van der Waals surface area contributed by atoms with Crippen molar-refractivity contribution in [3.63, 3.8) is 0 Å². The van der Waals surface area contributed by atoms with E-state index in [9.17, 15) is 14.4 Å². The third-order valence-corrected chi connectivity index (χ3v) is 6.78. The molecular formula is C27H32N2O5. The first kappa shape index (κ1) is 23.8. The Morgan fingerprint density at radius 1 is 1.00 bits per heavy atom. The number of carboxylic acids is 1. The predicted molar refractivity (Wildman–Crippen MR) is 128 cm³/mol. The Balaban J connectivity index is 1.29. The fraction of sp³-hybridized carbons (Fsp3) is 0.444. The fourth-order valence-electron chi connectivity index (χ4n) is 4.95. The highest BCUT2D eigenvalue weighted by Crippen LogP contribution is 2.44. The maximum Gasteiger partial charge on any atom is 0.407 e. The van der Waals surface area contributed by atoms with Crippen LogP contribution in [0.5, 0.6) is 0 Å². The van der Waals surface area contributed by atoms with Gasteiger partial charge in [0.15, 0.2) is 0 Å². The van der Waals surface area contributed by atoms with Gasteiger partial charge in [0.05, 0.1) is 6.42 Å². The van der Waals surface area contributed by atoms with Gasteiger partial charge in [-0.25, -0.2) is 4.79 Å². The number of hydrogen-bond donors (Lipinski definition) is 2. The third-order valence-electron chi connectivity index (χ3n) is 6.78. The van der Waals surface area contributed by atoms with Crippen LogP contribution >= 0.6 is 0 Å². The van der Waals surface area contributed by atoms with Crippen LogP contribution in [0.2, 0.25) is 0 Å². The lowest BCUT2D eigenvalue weighted by Crippen LogP contribution is -2.55. The predicted octanol–water partition coefficient (Wildman–Crippen LogP) is 4.41. The van der Waals surface area contributed by atoms with Crippen molar-refractivity contribution >= 4 is 18.0 Å². The summed E-state index contributed by atoms with van der Waals surface area (Å²) < 4.78 is 5.60. The minimum Gasteiger partial charge on any atom is -0.481 e. The number of carboxylic acid groups (broad SMARTS) is 1. The van der Waals surface area contributed by atoms with Gasteiger partial charge in [-0.15, -0.1) is 0 Å². The summed E-state index contributed by atoms with van der Waals surface area (Å²) in [4.78, 5) is 38.0. The lowest BCUT2D eigenvalue weighted by atomic mass is 9.78. The van der Waals surface area contributed by atoms with E-state index >= 15 is 0 Å². The summed E-state index contributed by atoms with van der Waals surface area (Å²) in [5.41, 5.74) is 4.22. The molecule has 180 valence electrons. The fourth-order valence-corrected chi connectivity index (χ4v) is 4.95. The average Bonchev–Trinajstić information content (AvgIpc) is 3.07. The minimum atomic E-state index is -0.926. The first-order valence-corrected chi connectivity index (χ1v) is 11.8. The largest absolute Gasteiger partial charge is 0.481 e. The van der Waals surface area contributed by atoms with Crippen LogP contribution in [0.3, 0.4) is 0 Å². The van der Waals surface area contributed by atoms with Crippen molar-refractivity contribution in [1.29, 1.82) is 0 Å². The van der Waals surface area contributed by atoms with E-state index in [0.717, 1.165) is 11.1 Å². The minimum absolute atomic E-state index is 0.00319. The van der Waals surface area contributed by atoms with Crippen molar-refractivity contribution in [2.75, 3.05) is 13.2 Å². The van der Waals surface area contributed by atoms with Gasteiger partial charge >= 0.3 is 12.1 Å². The molecule has 0 spiro atoms. The van der Waals surface area contributed by atoms with Crippen LogP contribution < -0.4 is 5.32 Å². The van der Waals surface area contributed by atoms with Crippen molar-refractivity contribution in [3.8, 4) is 11.1 Å². The molecule has 0 aliphatic heterocycles. The molecule has 0 radical (unpaired) electrons. The molecule has 34 heavy (non-hydrogen) atoms. The maximum absolute atomic E-state index is 12.9. The number of rotatable bonds is 7. The molecular weight excluding hydrogens is 432 g/mol. The van der Waals surface area contributed by atoms with Gasteiger partial charge in [-0.1, -0.05) is 48.5 Å². The van der Waals surface area contributed by atoms with Crippen molar-refractivity contribution in [3.05, 3.63) is 59.7 Å². The molecule has 2 aliphatic rings. The number of ether oxygens (including phenoxy) is 1. The third kappa shape index (κ3) is 4.93. The smallest absolute Gasteiger partial charge is 0.407 e. The van der Waals surface area contributed by atoms with E-state index in [1.807, 2.05) is 45.0 Å². The van der Waals surface area contributed by atoms with Crippen LogP contribution in [-0.4, -0.2) is 52.7 Å². The Hall–Kier alpha value is -3.35. The monoisotopic (exact) mass is 464 g/mol. The Bertz CT molecular complexity index is 1040. The summed E-state index contributed by atoms with van der Waals surface area (Å²) in [6.07, 6.45) is 0.499. The van der Waals surface area contributed by atoms with Gasteiger partial charge in [0, 0.05) is 30.0 Å². The Labute approximate surface area is 200 Å². The first-order chi connectivity index (χ1) is 16.1. The van der Waals surface area contributed by atoms with Gasteiger partial charge in [0.1, 0.15) is 6.61 Å². The molecule has 2 aromatic carbocycles. The zero-order valence-electron chi connectivity index (χ0n) is 19.9. The molecule has 7 heteroatoms. The molecule has 0 bridgehead atoms. The molecule has 2 aromatic rings. The van der Waals surface area contributed by atoms with Crippen LogP contribution in [-0.2, 0) is 14.3 Å². The second-order valence-corrected chi connectivity index (χ2v) is 10.1. The topological polar surface area (TPSA) is 95.9 Å². The molecule has 2 N–H and O–H groups in total. The summed E-state index contributed by atoms with van der Waals surface area (Å²) in [5.74, 6) is -1.19. The number of benzene rings is 2. The standard InChI is InChI=1S/C27H32N2O5/c1-27(2,3)29(13-12-24(30)31)25(32)17-14-18(15-17)28-26(33)34-16-23-21-10-6-4-8-19(21)20-9-5-7-11-22(20)23/h4-11,17-18,23H,12-16H2,1-3H3,(H,28,33)(H,30,31). The van der Waals surface area contributed by atoms with E-state index in [1.165, 1.54) is 11.1 Å². The molecule has 4 rings (SSSR count). The van der Waals surface area contributed by atoms with E-state index in [2.05, 4.69) is 29.6 Å². The van der Waals surface area contributed by atoms with Gasteiger partial charge in [-0.2, -0.15) is 0 Å². The first-order valence-electron chi connectivity index (χ1n) is 11.8. The summed E-state index contributed by atoms with van der Waals surface area (Å²) >= 11 is 0. The molecule has 0 saturated heterocycles. The Morgan fingerprint density at radius 2 is 1.56 bits per heavy atom. The van der Waals surface area contributed by atoms with Crippen molar-refractivity contribution in [1.82, 2.24) is 10.2 Å². The molecule has 7 nitrogen and oxygen atoms in total. The number of carbonyl (C=O) groups is 3. The molecule has 1 saturated carbocycles. The van der Waals surface area contributed by atoms with Crippen molar-refractivity contribution < 1.29 is 24.2 Å². The van der Waals surface area contributed by atoms with E-state index in [0.29, 0.717) is 12.8 Å². The quantitative estimate of drug-likeness (QED) is 0.633. The van der Waals surface area contributed by atoms with Gasteiger partial charge in [0.25, 0.3) is 0 Å². The van der Waals surface area contributed by atoms with Crippen LogP contribution in [0.4, 0.5) is 4.79 Å². The van der Waals surface area contributed by atoms with Gasteiger partial charge in [-0.3, -0.25) is 9.59 Å². The summed E-state index contributed by atoms with van der Waals surface area (Å²) in [6, 6.07) is 16.3. The number of nitrogens with one attached hydrogen (secondary N) is 1. The molecule has 0 heterocycles. The second-order valence-electron chi connectivity index (χ2n) is 10.1. The molecule has 0 atom stereocenters. The second kappa shape index (κ2) is 9.49. The lowest BCUT2D eigenvalue weighted by molar-refractivity contribution is -0.145. The molecule has 0 aromatic heterocycles. The van der Waals surface area contributed by atoms with Crippen LogP contribution in [0.1, 0.15) is 57.1 Å². The van der Waals surface area contributed by atoms with E-state index < -0.39 is 17.6 Å². The molecule has 2 amide bonds. The summed E-state index contributed by atoms with van der Waals surface area (Å²) in [7, 11) is 0. The highest BCUT2D eigenvalue weighted by Gasteiger charge is 2.40. The maximum atomic E-state index is 12.9. The number of carbonyl (C=O) groups excluding carboxylic acids is 2. The summed E-state index contributed by atoms with van der Waals surface area (Å²) in [5, 5.41) is 11.9. The SMILES string of the molecule is CC(C)(C)N(CCC(=O)O)C(=O)C1CC(NC(=O)OCC2c3ccccc3-c3ccccc32)C1. The number of aliphatic carboxylic acids is 1. The molecule has 0 unspecified atom stereocenters. The van der Waals surface area contributed by atoms with E-state index in [1.54, 1.807) is 4.90 Å². The zero-order valence-corrected chi connectivity index (χ0v) is 19.9. The van der Waals surface area contributed by atoms with Crippen molar-refractivity contribution in [2.45, 2.75) is 57.5 Å². The number of alkyl carbamates (subject to hydrolysis) is 1. The number of fused-ring (bicyclic) bond motifs is 3. The van der Waals surface area contributed by atoms with Crippen LogP contribution in [0, 0.1) is 5.92 Å². The number of nitrogens with zero attached hydrogens (tertiary/aromatic N) is 1. The normalized spacial score (nSPS) is 18.9. The molecule has 1 fully saturated rings. The van der Waals surface area contributed by atoms with Gasteiger partial charge < -0.3 is 20.1 Å². The van der Waals surface area contributed by atoms with Crippen LogP contribution in [0.15, 0.2) is 48.5 Å². The van der Waals surface area contributed by atoms with Crippen LogP contribution in [0.25, 0.3) is 11.1 Å². The van der Waals surface area contributed by atoms with Gasteiger partial charge in [-0.05, 0) is 55.9 Å².